The average molecular weight is 425 g/mol. The molecule has 0 atom stereocenters. The molecule has 3 rings (SSSR count). The molecule has 30 heavy (non-hydrogen) atoms. The summed E-state index contributed by atoms with van der Waals surface area (Å²) < 4.78 is 39.0. The number of sulfonamides is 1. The number of hydrogen-bond acceptors (Lipinski definition) is 4. The molecule has 0 aliphatic rings. The first-order valence-corrected chi connectivity index (χ1v) is 10.5. The van der Waals surface area contributed by atoms with Gasteiger partial charge in [-0.2, -0.15) is 9.41 Å². The van der Waals surface area contributed by atoms with Crippen molar-refractivity contribution in [1.29, 1.82) is 0 Å². The minimum Gasteiger partial charge on any atom is -0.272 e. The highest BCUT2D eigenvalue weighted by Crippen LogP contribution is 2.14. The lowest BCUT2D eigenvalue weighted by atomic mass is 10.0. The summed E-state index contributed by atoms with van der Waals surface area (Å²) in [5.74, 6) is -1.15. The van der Waals surface area contributed by atoms with Crippen LogP contribution < -0.4 is 5.43 Å². The second-order valence-corrected chi connectivity index (χ2v) is 8.49. The molecule has 0 aliphatic heterocycles. The van der Waals surface area contributed by atoms with Crippen LogP contribution in [-0.2, 0) is 14.8 Å². The summed E-state index contributed by atoms with van der Waals surface area (Å²) in [5.41, 5.74) is 4.58. The van der Waals surface area contributed by atoms with Gasteiger partial charge in [0.25, 0.3) is 5.91 Å². The Morgan fingerprint density at radius 3 is 1.90 bits per heavy atom. The minimum atomic E-state index is -3.94. The monoisotopic (exact) mass is 425 g/mol. The average Bonchev–Trinajstić information content (AvgIpc) is 2.75. The molecule has 0 saturated heterocycles. The van der Waals surface area contributed by atoms with Crippen molar-refractivity contribution in [3.63, 3.8) is 0 Å². The van der Waals surface area contributed by atoms with Gasteiger partial charge in [-0.25, -0.2) is 18.2 Å². The largest absolute Gasteiger partial charge is 0.272 e. The second kappa shape index (κ2) is 9.43. The van der Waals surface area contributed by atoms with Crippen molar-refractivity contribution in [1.82, 2.24) is 9.73 Å². The van der Waals surface area contributed by atoms with Crippen molar-refractivity contribution in [2.75, 3.05) is 13.6 Å². The normalized spacial score (nSPS) is 11.2. The predicted octanol–water partition coefficient (Wildman–Crippen LogP) is 3.02. The van der Waals surface area contributed by atoms with Crippen molar-refractivity contribution in [2.45, 2.75) is 4.90 Å². The number of nitrogens with zero attached hydrogens (tertiary/aromatic N) is 2. The molecule has 6 nitrogen and oxygen atoms in total. The van der Waals surface area contributed by atoms with E-state index in [9.17, 15) is 17.6 Å². The molecule has 0 unspecified atom stereocenters. The van der Waals surface area contributed by atoms with Crippen molar-refractivity contribution >= 4 is 21.6 Å². The van der Waals surface area contributed by atoms with E-state index < -0.39 is 28.3 Å². The van der Waals surface area contributed by atoms with E-state index in [-0.39, 0.29) is 4.90 Å². The molecular weight excluding hydrogens is 405 g/mol. The molecule has 0 bridgehead atoms. The van der Waals surface area contributed by atoms with Gasteiger partial charge >= 0.3 is 0 Å². The second-order valence-electron chi connectivity index (χ2n) is 6.44. The number of nitrogens with one attached hydrogen (secondary N) is 1. The number of carbonyl (C=O) groups excluding carboxylic acids is 1. The molecule has 3 aromatic carbocycles. The Bertz CT molecular complexity index is 1090. The summed E-state index contributed by atoms with van der Waals surface area (Å²) in [6, 6.07) is 23.1. The van der Waals surface area contributed by atoms with Crippen LogP contribution in [0, 0.1) is 5.82 Å². The summed E-state index contributed by atoms with van der Waals surface area (Å²) in [5, 5.41) is 4.23. The van der Waals surface area contributed by atoms with Crippen LogP contribution >= 0.6 is 0 Å². The number of likely N-dealkylation sites (N-methyl/N-ethyl adjacent to an activating group) is 1. The van der Waals surface area contributed by atoms with Crippen LogP contribution in [0.1, 0.15) is 11.1 Å². The van der Waals surface area contributed by atoms with Gasteiger partial charge in [-0.15, -0.1) is 0 Å². The van der Waals surface area contributed by atoms with Gasteiger partial charge in [-0.05, 0) is 24.3 Å². The Hall–Kier alpha value is -3.36. The SMILES string of the molecule is CN(CC(=O)NN=C(c1ccccc1)c1ccccc1)S(=O)(=O)c1ccc(F)cc1. The number of benzene rings is 3. The highest BCUT2D eigenvalue weighted by Gasteiger charge is 2.23. The maximum Gasteiger partial charge on any atom is 0.255 e. The van der Waals surface area contributed by atoms with Crippen LogP contribution in [0.2, 0.25) is 0 Å². The van der Waals surface area contributed by atoms with Gasteiger partial charge in [0, 0.05) is 18.2 Å². The van der Waals surface area contributed by atoms with Crippen molar-refractivity contribution < 1.29 is 17.6 Å². The summed E-state index contributed by atoms with van der Waals surface area (Å²) in [4.78, 5) is 12.3. The van der Waals surface area contributed by atoms with Crippen molar-refractivity contribution in [2.24, 2.45) is 5.10 Å². The van der Waals surface area contributed by atoms with Crippen LogP contribution in [0.5, 0.6) is 0 Å². The highest BCUT2D eigenvalue weighted by atomic mass is 32.2. The van der Waals surface area contributed by atoms with E-state index in [0.29, 0.717) is 5.71 Å². The molecule has 8 heteroatoms. The molecule has 3 aromatic rings. The van der Waals surface area contributed by atoms with Crippen LogP contribution in [0.15, 0.2) is 94.9 Å². The van der Waals surface area contributed by atoms with Gasteiger partial charge in [0.1, 0.15) is 5.82 Å². The predicted molar refractivity (Wildman–Crippen MR) is 113 cm³/mol. The molecule has 0 radical (unpaired) electrons. The standard InChI is InChI=1S/C22H20FN3O3S/c1-26(30(28,29)20-14-12-19(23)13-15-20)16-21(27)24-25-22(17-8-4-2-5-9-17)18-10-6-3-7-11-18/h2-15H,16H2,1H3,(H,24,27). The third-order valence-corrected chi connectivity index (χ3v) is 6.09. The number of hydrogen-bond donors (Lipinski definition) is 1. The maximum absolute atomic E-state index is 13.1. The fourth-order valence-electron chi connectivity index (χ4n) is 2.72. The quantitative estimate of drug-likeness (QED) is 0.467. The molecule has 0 heterocycles. The number of amides is 1. The van der Waals surface area contributed by atoms with Crippen LogP contribution in [0.4, 0.5) is 4.39 Å². The summed E-state index contributed by atoms with van der Waals surface area (Å²) in [6.45, 7) is -0.444. The Balaban J connectivity index is 1.76. The minimum absolute atomic E-state index is 0.100. The molecule has 1 amide bonds. The third kappa shape index (κ3) is 5.16. The number of rotatable bonds is 7. The lowest BCUT2D eigenvalue weighted by molar-refractivity contribution is -0.121. The lowest BCUT2D eigenvalue weighted by Gasteiger charge is -2.16. The molecular formula is C22H20FN3O3S. The first kappa shape index (κ1) is 21.4. The Labute approximate surface area is 174 Å². The van der Waals surface area contributed by atoms with E-state index in [1.807, 2.05) is 60.7 Å². The molecule has 0 fully saturated rings. The van der Waals surface area contributed by atoms with E-state index in [0.717, 1.165) is 39.7 Å². The van der Waals surface area contributed by atoms with Gasteiger partial charge in [-0.1, -0.05) is 60.7 Å². The fourth-order valence-corrected chi connectivity index (χ4v) is 3.84. The van der Waals surface area contributed by atoms with E-state index in [2.05, 4.69) is 10.5 Å². The van der Waals surface area contributed by atoms with E-state index in [1.54, 1.807) is 0 Å². The molecule has 0 spiro atoms. The zero-order valence-corrected chi connectivity index (χ0v) is 17.0. The third-order valence-electron chi connectivity index (χ3n) is 4.27. The first-order valence-electron chi connectivity index (χ1n) is 9.07. The van der Waals surface area contributed by atoms with Gasteiger partial charge < -0.3 is 0 Å². The van der Waals surface area contributed by atoms with Gasteiger partial charge in [0.05, 0.1) is 17.2 Å². The highest BCUT2D eigenvalue weighted by molar-refractivity contribution is 7.89. The van der Waals surface area contributed by atoms with E-state index in [4.69, 9.17) is 0 Å². The van der Waals surface area contributed by atoms with Crippen molar-refractivity contribution in [3.05, 3.63) is 102 Å². The summed E-state index contributed by atoms with van der Waals surface area (Å²) in [6.07, 6.45) is 0. The number of halogens is 1. The Morgan fingerprint density at radius 1 is 0.900 bits per heavy atom. The van der Waals surface area contributed by atoms with Gasteiger partial charge in [-0.3, -0.25) is 4.79 Å². The van der Waals surface area contributed by atoms with Crippen LogP contribution in [-0.4, -0.2) is 37.9 Å². The van der Waals surface area contributed by atoms with Crippen LogP contribution in [0.3, 0.4) is 0 Å². The molecule has 154 valence electrons. The number of hydrazone groups is 1. The fraction of sp³-hybridized carbons (Fsp3) is 0.0909. The van der Waals surface area contributed by atoms with E-state index >= 15 is 0 Å². The smallest absolute Gasteiger partial charge is 0.255 e. The van der Waals surface area contributed by atoms with Crippen molar-refractivity contribution in [3.8, 4) is 0 Å². The number of carbonyl (C=O) groups is 1. The van der Waals surface area contributed by atoms with Crippen LogP contribution in [0.25, 0.3) is 0 Å². The van der Waals surface area contributed by atoms with Gasteiger partial charge in [0.15, 0.2) is 0 Å². The zero-order valence-electron chi connectivity index (χ0n) is 16.2. The first-order chi connectivity index (χ1) is 14.4. The Morgan fingerprint density at radius 2 is 1.40 bits per heavy atom. The maximum atomic E-state index is 13.1. The summed E-state index contributed by atoms with van der Waals surface area (Å²) in [7, 11) is -2.66. The molecule has 1 N–H and O–H groups in total. The zero-order chi connectivity index (χ0) is 21.6. The lowest BCUT2D eigenvalue weighted by Crippen LogP contribution is -2.37. The van der Waals surface area contributed by atoms with Gasteiger partial charge in [0.2, 0.25) is 10.0 Å². The topological polar surface area (TPSA) is 78.8 Å². The Kier molecular flexibility index (Phi) is 6.71. The molecule has 0 saturated carbocycles. The molecule has 0 aliphatic carbocycles. The van der Waals surface area contributed by atoms with E-state index in [1.165, 1.54) is 7.05 Å². The summed E-state index contributed by atoms with van der Waals surface area (Å²) >= 11 is 0. The molecule has 0 aromatic heterocycles.